The fourth-order valence-electron chi connectivity index (χ4n) is 4.75. The summed E-state index contributed by atoms with van der Waals surface area (Å²) in [7, 11) is 0. The molecule has 0 aliphatic heterocycles. The third-order valence-corrected chi connectivity index (χ3v) is 7.53. The van der Waals surface area contributed by atoms with Crippen molar-refractivity contribution in [1.82, 2.24) is 0 Å². The molecule has 274 valence electrons. The molecule has 0 fully saturated rings. The molecular weight excluding hydrogens is 606 g/mol. The second kappa shape index (κ2) is 29.0. The fourth-order valence-corrected chi connectivity index (χ4v) is 4.75. The first kappa shape index (κ1) is 45.0. The Labute approximate surface area is 281 Å². The highest BCUT2D eigenvalue weighted by molar-refractivity contribution is 5.86. The highest BCUT2D eigenvalue weighted by Gasteiger charge is 2.16. The van der Waals surface area contributed by atoms with E-state index in [0.717, 1.165) is 25.7 Å². The van der Waals surface area contributed by atoms with Crippen molar-refractivity contribution in [2.24, 2.45) is 15.7 Å². The Morgan fingerprint density at radius 3 is 1.55 bits per heavy atom. The summed E-state index contributed by atoms with van der Waals surface area (Å²) >= 11 is 0. The molecule has 47 heavy (non-hydrogen) atoms. The van der Waals surface area contributed by atoms with Gasteiger partial charge in [-0.05, 0) is 64.2 Å². The van der Waals surface area contributed by atoms with Crippen LogP contribution in [0.1, 0.15) is 110 Å². The topological polar surface area (TPSA) is 233 Å². The summed E-state index contributed by atoms with van der Waals surface area (Å²) in [5.41, 5.74) is 5.75. The lowest BCUT2D eigenvalue weighted by atomic mass is 10.0. The Balaban J connectivity index is 4.19. The van der Waals surface area contributed by atoms with Gasteiger partial charge in [0.2, 0.25) is 5.96 Å². The number of aliphatic hydroxyl groups is 9. The van der Waals surface area contributed by atoms with Crippen molar-refractivity contribution in [2.45, 2.75) is 165 Å². The summed E-state index contributed by atoms with van der Waals surface area (Å²) in [5.74, 6) is 0.228. The molecular formula is C35H65N3O9. The van der Waals surface area contributed by atoms with Gasteiger partial charge in [-0.2, -0.15) is 0 Å². The van der Waals surface area contributed by atoms with Gasteiger partial charge in [0.1, 0.15) is 0 Å². The van der Waals surface area contributed by atoms with Crippen LogP contribution in [0.5, 0.6) is 0 Å². The highest BCUT2D eigenvalue weighted by Crippen LogP contribution is 2.13. The van der Waals surface area contributed by atoms with E-state index in [1.807, 2.05) is 6.92 Å². The minimum Gasteiger partial charge on any atom is -0.393 e. The van der Waals surface area contributed by atoms with E-state index >= 15 is 0 Å². The minimum absolute atomic E-state index is 0.00201. The molecule has 0 heterocycles. The first-order valence-corrected chi connectivity index (χ1v) is 17.3. The van der Waals surface area contributed by atoms with Crippen molar-refractivity contribution in [3.63, 3.8) is 0 Å². The van der Waals surface area contributed by atoms with E-state index in [4.69, 9.17) is 5.73 Å². The Kier molecular flexibility index (Phi) is 27.7. The average molecular weight is 672 g/mol. The summed E-state index contributed by atoms with van der Waals surface area (Å²) in [6.07, 6.45) is 10.5. The lowest BCUT2D eigenvalue weighted by Gasteiger charge is -2.17. The van der Waals surface area contributed by atoms with Crippen LogP contribution in [0.3, 0.4) is 0 Å². The van der Waals surface area contributed by atoms with Crippen LogP contribution in [0.25, 0.3) is 0 Å². The SMILES string of the molecule is CCCCC/C=N/C(N)=NCCCC(O)CC(O)C/C=C/C(O)CC(O)C/C=C/C(O)CC(O)CC(O)C/C=C/C(O)CC(O)CC. The minimum atomic E-state index is -0.982. The Bertz CT molecular complexity index is 900. The fraction of sp³-hybridized carbons (Fsp3) is 0.771. The molecule has 12 heteroatoms. The van der Waals surface area contributed by atoms with Gasteiger partial charge >= 0.3 is 0 Å². The maximum Gasteiger partial charge on any atom is 0.214 e. The summed E-state index contributed by atoms with van der Waals surface area (Å²) in [5, 5.41) is 90.5. The zero-order valence-corrected chi connectivity index (χ0v) is 28.5. The number of guanidine groups is 1. The van der Waals surface area contributed by atoms with Gasteiger partial charge in [-0.3, -0.25) is 4.99 Å². The summed E-state index contributed by atoms with van der Waals surface area (Å²) < 4.78 is 0. The van der Waals surface area contributed by atoms with Crippen LogP contribution in [-0.2, 0) is 0 Å². The number of nitrogens with zero attached hydrogens (tertiary/aromatic N) is 2. The smallest absolute Gasteiger partial charge is 0.214 e. The van der Waals surface area contributed by atoms with Crippen LogP contribution in [0.4, 0.5) is 0 Å². The predicted octanol–water partition coefficient (Wildman–Crippen LogP) is 2.18. The van der Waals surface area contributed by atoms with Crippen LogP contribution >= 0.6 is 0 Å². The van der Waals surface area contributed by atoms with Crippen LogP contribution in [-0.4, -0.2) is 120 Å². The van der Waals surface area contributed by atoms with Crippen molar-refractivity contribution in [3.05, 3.63) is 36.5 Å². The van der Waals surface area contributed by atoms with Gasteiger partial charge in [0.05, 0.1) is 54.9 Å². The van der Waals surface area contributed by atoms with E-state index in [1.54, 1.807) is 24.4 Å². The van der Waals surface area contributed by atoms with Gasteiger partial charge in [0.15, 0.2) is 0 Å². The summed E-state index contributed by atoms with van der Waals surface area (Å²) in [6, 6.07) is 0. The molecule has 0 aromatic carbocycles. The molecule has 0 saturated heterocycles. The molecule has 0 bridgehead atoms. The van der Waals surface area contributed by atoms with E-state index in [0.29, 0.717) is 25.8 Å². The molecule has 0 aromatic heterocycles. The summed E-state index contributed by atoms with van der Waals surface area (Å²) in [4.78, 5) is 8.27. The van der Waals surface area contributed by atoms with Gasteiger partial charge in [-0.15, -0.1) is 0 Å². The zero-order chi connectivity index (χ0) is 35.5. The van der Waals surface area contributed by atoms with Crippen LogP contribution in [0.2, 0.25) is 0 Å². The lowest BCUT2D eigenvalue weighted by Crippen LogP contribution is -2.22. The molecule has 9 atom stereocenters. The molecule has 9 unspecified atom stereocenters. The second-order valence-corrected chi connectivity index (χ2v) is 12.4. The molecule has 0 rings (SSSR count). The number of rotatable bonds is 28. The van der Waals surface area contributed by atoms with E-state index in [2.05, 4.69) is 16.9 Å². The number of hydrogen-bond acceptors (Lipinski definition) is 10. The molecule has 0 radical (unpaired) electrons. The molecule has 11 N–H and O–H groups in total. The highest BCUT2D eigenvalue weighted by atomic mass is 16.3. The second-order valence-electron chi connectivity index (χ2n) is 12.4. The van der Waals surface area contributed by atoms with Gasteiger partial charge in [-0.25, -0.2) is 4.99 Å². The van der Waals surface area contributed by atoms with Crippen molar-refractivity contribution < 1.29 is 46.0 Å². The first-order valence-electron chi connectivity index (χ1n) is 17.3. The number of hydrogen-bond donors (Lipinski definition) is 10. The molecule has 0 aliphatic rings. The first-order chi connectivity index (χ1) is 22.4. The largest absolute Gasteiger partial charge is 0.393 e. The number of aliphatic hydroxyl groups excluding tert-OH is 9. The molecule has 0 aliphatic carbocycles. The van der Waals surface area contributed by atoms with E-state index in [1.165, 1.54) is 18.2 Å². The van der Waals surface area contributed by atoms with Gasteiger partial charge in [0.25, 0.3) is 0 Å². The van der Waals surface area contributed by atoms with E-state index < -0.39 is 54.9 Å². The third kappa shape index (κ3) is 28.7. The third-order valence-electron chi connectivity index (χ3n) is 7.53. The normalized spacial score (nSPS) is 19.0. The van der Waals surface area contributed by atoms with Crippen LogP contribution < -0.4 is 5.73 Å². The van der Waals surface area contributed by atoms with E-state index in [9.17, 15) is 46.0 Å². The average Bonchev–Trinajstić information content (AvgIpc) is 2.98. The van der Waals surface area contributed by atoms with Gasteiger partial charge in [-0.1, -0.05) is 63.1 Å². The van der Waals surface area contributed by atoms with Gasteiger partial charge in [0, 0.05) is 32.0 Å². The Hall–Kier alpha value is -2.00. The maximum absolute atomic E-state index is 10.2. The number of nitrogens with two attached hydrogens (primary N) is 1. The molecule has 0 amide bonds. The summed E-state index contributed by atoms with van der Waals surface area (Å²) in [6.45, 7) is 4.40. The van der Waals surface area contributed by atoms with Crippen molar-refractivity contribution >= 4 is 12.2 Å². The molecule has 0 aromatic rings. The number of unbranched alkanes of at least 4 members (excludes halogenated alkanes) is 3. The Morgan fingerprint density at radius 1 is 0.574 bits per heavy atom. The van der Waals surface area contributed by atoms with Gasteiger partial charge < -0.3 is 51.7 Å². The molecule has 12 nitrogen and oxygen atoms in total. The lowest BCUT2D eigenvalue weighted by molar-refractivity contribution is 0.0523. The standard InChI is InChI=1S/C35H65N3O9/c1-3-5-6-7-19-37-35(36)38-20-11-18-33(46)23-30(43)14-9-13-28(41)22-29(42)15-10-17-32(45)25-34(47)24-31(44)16-8-12-27(40)21-26(39)4-2/h8-10,12-13,17,19,26-34,39-47H,3-7,11,14-16,18,20-25H2,1-2H3,(H2,36,38)/b12-8+,13-9+,17-10+,37-19+. The predicted molar refractivity (Wildman–Crippen MR) is 187 cm³/mol. The maximum atomic E-state index is 10.2. The van der Waals surface area contributed by atoms with Crippen LogP contribution in [0, 0.1) is 0 Å². The quantitative estimate of drug-likeness (QED) is 0.0252. The molecule has 0 saturated carbocycles. The molecule has 0 spiro atoms. The van der Waals surface area contributed by atoms with E-state index in [-0.39, 0.29) is 57.3 Å². The van der Waals surface area contributed by atoms with Crippen molar-refractivity contribution in [3.8, 4) is 0 Å². The monoisotopic (exact) mass is 671 g/mol. The Morgan fingerprint density at radius 2 is 1.04 bits per heavy atom. The zero-order valence-electron chi connectivity index (χ0n) is 28.5. The van der Waals surface area contributed by atoms with Crippen molar-refractivity contribution in [2.75, 3.05) is 6.54 Å². The van der Waals surface area contributed by atoms with Crippen LogP contribution in [0.15, 0.2) is 46.4 Å². The number of aliphatic imine (C=N–C) groups is 2. The van der Waals surface area contributed by atoms with Crippen molar-refractivity contribution in [1.29, 1.82) is 0 Å².